The monoisotopic (exact) mass is 408 g/mol. The Morgan fingerprint density at radius 3 is 2.38 bits per heavy atom. The van der Waals surface area contributed by atoms with E-state index in [1.54, 1.807) is 20.8 Å². The van der Waals surface area contributed by atoms with E-state index in [-0.39, 0.29) is 18.3 Å². The normalized spacial score (nSPS) is 42.4. The van der Waals surface area contributed by atoms with Gasteiger partial charge in [-0.05, 0) is 57.8 Å². The fourth-order valence-electron chi connectivity index (χ4n) is 6.34. The van der Waals surface area contributed by atoms with Gasteiger partial charge in [0.25, 0.3) is 0 Å². The molecule has 3 rings (SSSR count). The lowest BCUT2D eigenvalue weighted by Gasteiger charge is -2.58. The summed E-state index contributed by atoms with van der Waals surface area (Å²) in [5.74, 6) is -1.43. The molecule has 0 aromatic heterocycles. The molecule has 3 fully saturated rings. The second-order valence-electron chi connectivity index (χ2n) is 10.4. The molecule has 3 aliphatic rings. The highest BCUT2D eigenvalue weighted by Gasteiger charge is 2.69. The number of aliphatic hydroxyl groups is 2. The number of rotatable bonds is 2. The van der Waals surface area contributed by atoms with Crippen molar-refractivity contribution < 1.29 is 29.3 Å². The van der Waals surface area contributed by atoms with Gasteiger partial charge in [-0.3, -0.25) is 9.59 Å². The van der Waals surface area contributed by atoms with E-state index in [0.717, 1.165) is 24.8 Å². The first-order chi connectivity index (χ1) is 13.4. The molecule has 0 aromatic carbocycles. The number of carbonyl (C=O) groups excluding carboxylic acids is 2. The molecule has 0 aliphatic heterocycles. The summed E-state index contributed by atoms with van der Waals surface area (Å²) in [6.07, 6.45) is 1.07. The molecule has 0 heterocycles. The lowest BCUT2D eigenvalue weighted by molar-refractivity contribution is -0.203. The minimum Gasteiger partial charge on any atom is -0.468 e. The molecule has 3 saturated carbocycles. The zero-order valence-corrected chi connectivity index (χ0v) is 18.4. The Kier molecular flexibility index (Phi) is 5.67. The lowest BCUT2D eigenvalue weighted by atomic mass is 9.46. The highest BCUT2D eigenvalue weighted by Crippen LogP contribution is 2.67. The van der Waals surface area contributed by atoms with E-state index in [2.05, 4.69) is 6.58 Å². The van der Waals surface area contributed by atoms with Crippen LogP contribution in [0.1, 0.15) is 66.2 Å². The maximum atomic E-state index is 13.2. The third-order valence-electron chi connectivity index (χ3n) is 7.86. The minimum atomic E-state index is -1.24. The minimum absolute atomic E-state index is 0.125. The van der Waals surface area contributed by atoms with Gasteiger partial charge in [0.2, 0.25) is 0 Å². The number of hydrogen-bond donors (Lipinski definition) is 2. The Balaban J connectivity index is 2.09. The number of aliphatic hydroxyl groups excluding tert-OH is 2. The van der Waals surface area contributed by atoms with Gasteiger partial charge in [0.05, 0.1) is 24.7 Å². The summed E-state index contributed by atoms with van der Waals surface area (Å²) in [5, 5.41) is 22.4. The molecular formula is C23H36O6. The number of methoxy groups -OCH3 is 1. The van der Waals surface area contributed by atoms with Gasteiger partial charge in [0.1, 0.15) is 11.5 Å². The summed E-state index contributed by atoms with van der Waals surface area (Å²) in [5.41, 5.74) is -1.44. The predicted octanol–water partition coefficient (Wildman–Crippen LogP) is 3.00. The Hall–Kier alpha value is -1.40. The fourth-order valence-corrected chi connectivity index (χ4v) is 6.34. The van der Waals surface area contributed by atoms with E-state index >= 15 is 0 Å². The Morgan fingerprint density at radius 1 is 1.17 bits per heavy atom. The van der Waals surface area contributed by atoms with Crippen LogP contribution in [-0.2, 0) is 19.1 Å². The van der Waals surface area contributed by atoms with Gasteiger partial charge >= 0.3 is 11.9 Å². The molecule has 7 atom stereocenters. The Bertz CT molecular complexity index is 694. The van der Waals surface area contributed by atoms with Crippen molar-refractivity contribution in [2.45, 2.75) is 84.5 Å². The second kappa shape index (κ2) is 7.38. The summed E-state index contributed by atoms with van der Waals surface area (Å²) in [4.78, 5) is 25.8. The van der Waals surface area contributed by atoms with Crippen molar-refractivity contribution in [2.24, 2.45) is 28.1 Å². The van der Waals surface area contributed by atoms with Gasteiger partial charge in [-0.1, -0.05) is 19.1 Å². The number of carbonyl (C=O) groups is 2. The molecule has 0 saturated heterocycles. The van der Waals surface area contributed by atoms with Crippen LogP contribution in [0.2, 0.25) is 0 Å². The van der Waals surface area contributed by atoms with Crippen LogP contribution < -0.4 is 0 Å². The van der Waals surface area contributed by atoms with Crippen LogP contribution in [0, 0.1) is 28.1 Å². The quantitative estimate of drug-likeness (QED) is 0.539. The zero-order chi connectivity index (χ0) is 21.8. The van der Waals surface area contributed by atoms with Crippen molar-refractivity contribution in [2.75, 3.05) is 7.11 Å². The molecule has 6 heteroatoms. The first-order valence-corrected chi connectivity index (χ1v) is 10.7. The molecule has 3 aliphatic carbocycles. The van der Waals surface area contributed by atoms with Crippen LogP contribution in [0.25, 0.3) is 0 Å². The Morgan fingerprint density at radius 2 is 1.79 bits per heavy atom. The van der Waals surface area contributed by atoms with Crippen molar-refractivity contribution >= 4 is 11.9 Å². The van der Waals surface area contributed by atoms with Crippen molar-refractivity contribution in [3.05, 3.63) is 12.2 Å². The molecule has 29 heavy (non-hydrogen) atoms. The summed E-state index contributed by atoms with van der Waals surface area (Å²) < 4.78 is 11.0. The summed E-state index contributed by atoms with van der Waals surface area (Å²) in [7, 11) is 1.33. The average molecular weight is 409 g/mol. The standard InChI is InChI=1S/C23H36O6/c1-13-7-9-22-10-8-16(24)18(22)23(13,20(27)28-6)17(25)12-15(11-14(22)2)29-19(26)21(3,4)5/h13,15-18,24-25H,2,7-12H2,1,3-6H3/t13-,15?,16+,17-,18-,22+,23-/m1/s1. The van der Waals surface area contributed by atoms with E-state index in [1.807, 2.05) is 6.92 Å². The van der Waals surface area contributed by atoms with E-state index in [9.17, 15) is 19.8 Å². The maximum Gasteiger partial charge on any atom is 0.315 e. The molecule has 0 radical (unpaired) electrons. The topological polar surface area (TPSA) is 93.1 Å². The van der Waals surface area contributed by atoms with E-state index in [0.29, 0.717) is 12.8 Å². The SMILES string of the molecule is C=C1CC(OC(=O)C(C)(C)C)C[C@@H](O)[C@]2(C(=O)OC)[C@H](C)CC[C@]13CC[C@H](O)[C@H]32. The van der Waals surface area contributed by atoms with Gasteiger partial charge in [-0.25, -0.2) is 0 Å². The third kappa shape index (κ3) is 3.23. The maximum absolute atomic E-state index is 13.2. The predicted molar refractivity (Wildman–Crippen MR) is 108 cm³/mol. The van der Waals surface area contributed by atoms with Crippen molar-refractivity contribution in [1.29, 1.82) is 0 Å². The first-order valence-electron chi connectivity index (χ1n) is 10.7. The molecule has 0 spiro atoms. The summed E-state index contributed by atoms with van der Waals surface area (Å²) in [6, 6.07) is 0. The second-order valence-corrected chi connectivity index (χ2v) is 10.4. The highest BCUT2D eigenvalue weighted by atomic mass is 16.5. The van der Waals surface area contributed by atoms with Crippen molar-refractivity contribution in [3.8, 4) is 0 Å². The molecule has 2 N–H and O–H groups in total. The fraction of sp³-hybridized carbons (Fsp3) is 0.826. The van der Waals surface area contributed by atoms with E-state index in [1.165, 1.54) is 7.11 Å². The molecule has 6 nitrogen and oxygen atoms in total. The van der Waals surface area contributed by atoms with Crippen LogP contribution in [0.5, 0.6) is 0 Å². The molecule has 164 valence electrons. The Labute approximate surface area is 173 Å². The van der Waals surface area contributed by atoms with Crippen LogP contribution in [0.4, 0.5) is 0 Å². The molecule has 2 bridgehead atoms. The van der Waals surface area contributed by atoms with Crippen LogP contribution in [0.15, 0.2) is 12.2 Å². The van der Waals surface area contributed by atoms with Crippen LogP contribution in [-0.4, -0.2) is 47.6 Å². The number of ether oxygens (including phenoxy) is 2. The largest absolute Gasteiger partial charge is 0.468 e. The third-order valence-corrected chi connectivity index (χ3v) is 7.86. The molecule has 0 aromatic rings. The van der Waals surface area contributed by atoms with E-state index in [4.69, 9.17) is 9.47 Å². The highest BCUT2D eigenvalue weighted by molar-refractivity contribution is 5.79. The van der Waals surface area contributed by atoms with Crippen LogP contribution >= 0.6 is 0 Å². The van der Waals surface area contributed by atoms with Gasteiger partial charge < -0.3 is 19.7 Å². The van der Waals surface area contributed by atoms with Crippen molar-refractivity contribution in [1.82, 2.24) is 0 Å². The zero-order valence-electron chi connectivity index (χ0n) is 18.4. The van der Waals surface area contributed by atoms with Gasteiger partial charge in [0, 0.05) is 18.8 Å². The van der Waals surface area contributed by atoms with Gasteiger partial charge in [0.15, 0.2) is 0 Å². The first kappa shape index (κ1) is 22.3. The number of hydrogen-bond acceptors (Lipinski definition) is 6. The van der Waals surface area contributed by atoms with Crippen molar-refractivity contribution in [3.63, 3.8) is 0 Å². The number of esters is 2. The molecular weight excluding hydrogens is 372 g/mol. The molecule has 1 unspecified atom stereocenters. The smallest absolute Gasteiger partial charge is 0.315 e. The lowest BCUT2D eigenvalue weighted by Crippen LogP contribution is -2.63. The average Bonchev–Trinajstić information content (AvgIpc) is 2.98. The van der Waals surface area contributed by atoms with Crippen LogP contribution in [0.3, 0.4) is 0 Å². The summed E-state index contributed by atoms with van der Waals surface area (Å²) in [6.45, 7) is 11.7. The molecule has 0 amide bonds. The summed E-state index contributed by atoms with van der Waals surface area (Å²) >= 11 is 0. The van der Waals surface area contributed by atoms with Gasteiger partial charge in [-0.2, -0.15) is 0 Å². The van der Waals surface area contributed by atoms with E-state index < -0.39 is 46.4 Å². The van der Waals surface area contributed by atoms with Gasteiger partial charge in [-0.15, -0.1) is 0 Å².